The van der Waals surface area contributed by atoms with E-state index in [0.29, 0.717) is 6.54 Å². The van der Waals surface area contributed by atoms with E-state index in [9.17, 15) is 8.42 Å². The third-order valence-electron chi connectivity index (χ3n) is 5.66. The van der Waals surface area contributed by atoms with Gasteiger partial charge < -0.3 is 0 Å². The Balaban J connectivity index is 1.55. The fourth-order valence-corrected chi connectivity index (χ4v) is 6.27. The van der Waals surface area contributed by atoms with Crippen LogP contribution < -0.4 is 0 Å². The van der Waals surface area contributed by atoms with Crippen molar-refractivity contribution in [1.29, 1.82) is 0 Å². The number of hydrogen-bond acceptors (Lipinski definition) is 5. The number of allylic oxidation sites excluding steroid dienone is 1. The van der Waals surface area contributed by atoms with Gasteiger partial charge in [0.15, 0.2) is 9.84 Å². The molecular formula is C21H27N3O2S. The van der Waals surface area contributed by atoms with Gasteiger partial charge in [0.1, 0.15) is 0 Å². The lowest BCUT2D eigenvalue weighted by molar-refractivity contribution is 0.0470. The highest BCUT2D eigenvalue weighted by Crippen LogP contribution is 2.28. The Hall–Kier alpha value is -1.76. The van der Waals surface area contributed by atoms with Crippen molar-refractivity contribution in [1.82, 2.24) is 14.8 Å². The summed E-state index contributed by atoms with van der Waals surface area (Å²) in [5.74, 6) is 0.534. The summed E-state index contributed by atoms with van der Waals surface area (Å²) >= 11 is 0. The molecular weight excluding hydrogens is 358 g/mol. The zero-order valence-corrected chi connectivity index (χ0v) is 16.8. The lowest BCUT2D eigenvalue weighted by Crippen LogP contribution is -2.58. The maximum Gasteiger partial charge on any atom is 0.153 e. The van der Waals surface area contributed by atoms with Crippen LogP contribution in [0.5, 0.6) is 0 Å². The lowest BCUT2D eigenvalue weighted by atomic mass is 10.0. The zero-order valence-electron chi connectivity index (χ0n) is 16.0. The maximum atomic E-state index is 12.4. The minimum atomic E-state index is -2.98. The Kier molecular flexibility index (Phi) is 5.05. The number of benzene rings is 1. The first kappa shape index (κ1) is 18.6. The molecule has 0 N–H and O–H groups in total. The molecule has 0 saturated carbocycles. The molecule has 1 aromatic heterocycles. The van der Waals surface area contributed by atoms with Crippen LogP contribution in [0.3, 0.4) is 0 Å². The summed E-state index contributed by atoms with van der Waals surface area (Å²) in [6.45, 7) is 7.49. The molecule has 2 aliphatic heterocycles. The van der Waals surface area contributed by atoms with Crippen molar-refractivity contribution in [2.24, 2.45) is 0 Å². The highest BCUT2D eigenvalue weighted by atomic mass is 32.2. The summed E-state index contributed by atoms with van der Waals surface area (Å²) in [7, 11) is -2.98. The van der Waals surface area contributed by atoms with E-state index in [4.69, 9.17) is 4.98 Å². The molecule has 0 radical (unpaired) electrons. The Morgan fingerprint density at radius 3 is 2.56 bits per heavy atom. The predicted molar refractivity (Wildman–Crippen MR) is 109 cm³/mol. The van der Waals surface area contributed by atoms with E-state index in [1.54, 1.807) is 0 Å². The van der Waals surface area contributed by atoms with Gasteiger partial charge in [-0.2, -0.15) is 0 Å². The fourth-order valence-electron chi connectivity index (χ4n) is 4.22. The summed E-state index contributed by atoms with van der Waals surface area (Å²) in [6, 6.07) is 12.4. The third-order valence-corrected chi connectivity index (χ3v) is 7.36. The molecule has 6 heteroatoms. The maximum absolute atomic E-state index is 12.4. The molecule has 27 heavy (non-hydrogen) atoms. The number of pyridine rings is 1. The normalized spacial score (nSPS) is 25.4. The number of rotatable bonds is 4. The van der Waals surface area contributed by atoms with E-state index in [1.165, 1.54) is 5.57 Å². The molecule has 4 rings (SSSR count). The van der Waals surface area contributed by atoms with Gasteiger partial charge in [0, 0.05) is 43.6 Å². The number of hydrogen-bond donors (Lipinski definition) is 0. The van der Waals surface area contributed by atoms with E-state index in [2.05, 4.69) is 47.9 Å². The molecule has 2 saturated heterocycles. The molecule has 2 aromatic rings. The van der Waals surface area contributed by atoms with Gasteiger partial charge in [0.2, 0.25) is 0 Å². The number of sulfone groups is 1. The first-order chi connectivity index (χ1) is 12.9. The first-order valence-electron chi connectivity index (χ1n) is 9.58. The highest BCUT2D eigenvalue weighted by molar-refractivity contribution is 7.91. The van der Waals surface area contributed by atoms with Crippen LogP contribution in [-0.2, 0) is 16.4 Å². The van der Waals surface area contributed by atoms with Crippen molar-refractivity contribution in [3.8, 4) is 0 Å². The average Bonchev–Trinajstić information content (AvgIpc) is 2.96. The summed E-state index contributed by atoms with van der Waals surface area (Å²) in [5.41, 5.74) is 3.28. The van der Waals surface area contributed by atoms with Gasteiger partial charge >= 0.3 is 0 Å². The van der Waals surface area contributed by atoms with Gasteiger partial charge in [0.05, 0.1) is 22.7 Å². The molecule has 0 aliphatic carbocycles. The van der Waals surface area contributed by atoms with Gasteiger partial charge in [-0.25, -0.2) is 8.42 Å². The van der Waals surface area contributed by atoms with Crippen LogP contribution in [-0.4, -0.2) is 66.4 Å². The Bertz CT molecular complexity index is 966. The minimum Gasteiger partial charge on any atom is -0.293 e. The topological polar surface area (TPSA) is 53.5 Å². The number of nitrogens with zero attached hydrogens (tertiary/aromatic N) is 3. The second-order valence-corrected chi connectivity index (χ2v) is 10.1. The van der Waals surface area contributed by atoms with Crippen LogP contribution in [0, 0.1) is 0 Å². The molecule has 0 amide bonds. The molecule has 0 spiro atoms. The van der Waals surface area contributed by atoms with Crippen LogP contribution in [0.25, 0.3) is 10.9 Å². The Morgan fingerprint density at radius 2 is 1.78 bits per heavy atom. The van der Waals surface area contributed by atoms with Crippen LogP contribution in [0.4, 0.5) is 0 Å². The highest BCUT2D eigenvalue weighted by Gasteiger charge is 2.46. The predicted octanol–water partition coefficient (Wildman–Crippen LogP) is 2.48. The van der Waals surface area contributed by atoms with E-state index in [0.717, 1.165) is 36.2 Å². The first-order valence-corrected chi connectivity index (χ1v) is 11.4. The zero-order chi connectivity index (χ0) is 19.0. The fraction of sp³-hybridized carbons (Fsp3) is 0.476. The standard InChI is InChI=1S/C21H27N3O2S/c1-16(2)9-10-23-11-12-24(21-15-27(25,26)14-20(21)23)13-18-8-7-17-5-3-4-6-19(17)22-18/h3-9,20-21H,10-15H2,1-2H3/t20-,21+/m1/s1. The van der Waals surface area contributed by atoms with Crippen molar-refractivity contribution in [2.45, 2.75) is 32.5 Å². The number of para-hydroxylation sites is 1. The van der Waals surface area contributed by atoms with Crippen LogP contribution in [0.15, 0.2) is 48.0 Å². The van der Waals surface area contributed by atoms with Crippen LogP contribution in [0.1, 0.15) is 19.5 Å². The molecule has 1 aromatic carbocycles. The molecule has 3 heterocycles. The van der Waals surface area contributed by atoms with Gasteiger partial charge in [-0.1, -0.05) is 35.9 Å². The van der Waals surface area contributed by atoms with Crippen molar-refractivity contribution in [3.05, 3.63) is 53.7 Å². The quantitative estimate of drug-likeness (QED) is 0.757. The van der Waals surface area contributed by atoms with E-state index < -0.39 is 9.84 Å². The number of piperazine rings is 1. The van der Waals surface area contributed by atoms with E-state index in [1.807, 2.05) is 18.2 Å². The van der Waals surface area contributed by atoms with Gasteiger partial charge in [-0.05, 0) is 26.0 Å². The summed E-state index contributed by atoms with van der Waals surface area (Å²) in [4.78, 5) is 9.45. The average molecular weight is 386 g/mol. The van der Waals surface area contributed by atoms with Gasteiger partial charge in [-0.3, -0.25) is 14.8 Å². The van der Waals surface area contributed by atoms with Gasteiger partial charge in [-0.15, -0.1) is 0 Å². The van der Waals surface area contributed by atoms with Crippen molar-refractivity contribution >= 4 is 20.7 Å². The largest absolute Gasteiger partial charge is 0.293 e. The van der Waals surface area contributed by atoms with Gasteiger partial charge in [0.25, 0.3) is 0 Å². The molecule has 144 valence electrons. The lowest BCUT2D eigenvalue weighted by Gasteiger charge is -2.43. The van der Waals surface area contributed by atoms with Crippen molar-refractivity contribution < 1.29 is 8.42 Å². The van der Waals surface area contributed by atoms with Crippen molar-refractivity contribution in [3.63, 3.8) is 0 Å². The van der Waals surface area contributed by atoms with Crippen molar-refractivity contribution in [2.75, 3.05) is 31.1 Å². The second kappa shape index (κ2) is 7.34. The number of aromatic nitrogens is 1. The molecule has 2 fully saturated rings. The Labute approximate surface area is 161 Å². The van der Waals surface area contributed by atoms with Crippen LogP contribution in [0.2, 0.25) is 0 Å². The smallest absolute Gasteiger partial charge is 0.153 e. The molecule has 0 bridgehead atoms. The Morgan fingerprint density at radius 1 is 1.07 bits per heavy atom. The minimum absolute atomic E-state index is 0.0579. The summed E-state index contributed by atoms with van der Waals surface area (Å²) < 4.78 is 24.7. The van der Waals surface area contributed by atoms with Crippen LogP contribution >= 0.6 is 0 Å². The molecule has 5 nitrogen and oxygen atoms in total. The second-order valence-electron chi connectivity index (χ2n) is 7.95. The SMILES string of the molecule is CC(C)=CCN1CCN(Cc2ccc3ccccc3n2)[C@H]2CS(=O)(=O)C[C@H]21. The number of fused-ring (bicyclic) bond motifs is 2. The molecule has 2 atom stereocenters. The monoisotopic (exact) mass is 385 g/mol. The third kappa shape index (κ3) is 4.08. The summed E-state index contributed by atoms with van der Waals surface area (Å²) in [5, 5.41) is 1.13. The molecule has 0 unspecified atom stereocenters. The molecule has 2 aliphatic rings. The van der Waals surface area contributed by atoms with E-state index in [-0.39, 0.29) is 23.6 Å². The summed E-state index contributed by atoms with van der Waals surface area (Å²) in [6.07, 6.45) is 2.20. The van der Waals surface area contributed by atoms with E-state index >= 15 is 0 Å².